The number of esters is 1. The van der Waals surface area contributed by atoms with Gasteiger partial charge in [0.1, 0.15) is 5.00 Å². The van der Waals surface area contributed by atoms with Gasteiger partial charge in [-0.1, -0.05) is 0 Å². The number of carbonyl (C=O) groups is 2. The quantitative estimate of drug-likeness (QED) is 0.820. The Morgan fingerprint density at radius 1 is 1.52 bits per heavy atom. The van der Waals surface area contributed by atoms with Crippen LogP contribution in [0.1, 0.15) is 41.4 Å². The summed E-state index contributed by atoms with van der Waals surface area (Å²) in [5, 5.41) is 6.77. The first-order valence-corrected chi connectivity index (χ1v) is 8.20. The Bertz CT molecular complexity index is 507. The Morgan fingerprint density at radius 3 is 3.00 bits per heavy atom. The fourth-order valence-electron chi connectivity index (χ4n) is 2.51. The number of nitrogens with one attached hydrogen (secondary N) is 2. The van der Waals surface area contributed by atoms with Crippen molar-refractivity contribution < 1.29 is 14.3 Å². The molecule has 1 saturated heterocycles. The highest BCUT2D eigenvalue weighted by molar-refractivity contribution is 7.16. The SMILES string of the molecule is CCOC(=O)c1cc(C)sc1NC(=O)CC1CCCNC1. The van der Waals surface area contributed by atoms with E-state index in [0.717, 1.165) is 30.8 Å². The maximum Gasteiger partial charge on any atom is 0.341 e. The summed E-state index contributed by atoms with van der Waals surface area (Å²) in [5.41, 5.74) is 0.453. The number of hydrogen-bond acceptors (Lipinski definition) is 5. The molecule has 6 heteroatoms. The van der Waals surface area contributed by atoms with Crippen molar-refractivity contribution in [3.63, 3.8) is 0 Å². The van der Waals surface area contributed by atoms with E-state index in [2.05, 4.69) is 10.6 Å². The summed E-state index contributed by atoms with van der Waals surface area (Å²) in [6, 6.07) is 1.76. The van der Waals surface area contributed by atoms with E-state index in [1.807, 2.05) is 6.92 Å². The van der Waals surface area contributed by atoms with E-state index in [-0.39, 0.29) is 11.9 Å². The second-order valence-electron chi connectivity index (χ2n) is 5.28. The van der Waals surface area contributed by atoms with Gasteiger partial charge in [-0.25, -0.2) is 4.79 Å². The molecule has 1 unspecified atom stereocenters. The van der Waals surface area contributed by atoms with E-state index in [9.17, 15) is 9.59 Å². The summed E-state index contributed by atoms with van der Waals surface area (Å²) in [5.74, 6) is -0.0292. The Morgan fingerprint density at radius 2 is 2.33 bits per heavy atom. The van der Waals surface area contributed by atoms with Crippen LogP contribution in [-0.4, -0.2) is 31.6 Å². The van der Waals surface area contributed by atoms with Gasteiger partial charge < -0.3 is 15.4 Å². The fourth-order valence-corrected chi connectivity index (χ4v) is 3.42. The lowest BCUT2D eigenvalue weighted by Gasteiger charge is -2.22. The molecule has 2 N–H and O–H groups in total. The highest BCUT2D eigenvalue weighted by atomic mass is 32.1. The summed E-state index contributed by atoms with van der Waals surface area (Å²) in [6.45, 7) is 5.94. The molecule has 1 atom stereocenters. The molecule has 1 aliphatic heterocycles. The molecular formula is C15H22N2O3S. The third kappa shape index (κ3) is 4.54. The van der Waals surface area contributed by atoms with Crippen LogP contribution in [0.25, 0.3) is 0 Å². The Balaban J connectivity index is 1.98. The summed E-state index contributed by atoms with van der Waals surface area (Å²) in [6.07, 6.45) is 2.69. The molecule has 0 saturated carbocycles. The second-order valence-corrected chi connectivity index (χ2v) is 6.54. The lowest BCUT2D eigenvalue weighted by Crippen LogP contribution is -2.32. The lowest BCUT2D eigenvalue weighted by atomic mass is 9.96. The van der Waals surface area contributed by atoms with Crippen LogP contribution < -0.4 is 10.6 Å². The predicted molar refractivity (Wildman–Crippen MR) is 83.9 cm³/mol. The smallest absolute Gasteiger partial charge is 0.341 e. The first kappa shape index (κ1) is 16.0. The first-order chi connectivity index (χ1) is 10.1. The molecule has 1 aromatic heterocycles. The summed E-state index contributed by atoms with van der Waals surface area (Å²) < 4.78 is 5.02. The Kier molecular flexibility index (Phi) is 5.76. The van der Waals surface area contributed by atoms with Crippen LogP contribution >= 0.6 is 11.3 Å². The number of piperidine rings is 1. The molecule has 0 aromatic carbocycles. The van der Waals surface area contributed by atoms with Crippen LogP contribution in [0.4, 0.5) is 5.00 Å². The Labute approximate surface area is 129 Å². The van der Waals surface area contributed by atoms with Gasteiger partial charge >= 0.3 is 5.97 Å². The highest BCUT2D eigenvalue weighted by Gasteiger charge is 2.20. The van der Waals surface area contributed by atoms with E-state index < -0.39 is 0 Å². The highest BCUT2D eigenvalue weighted by Crippen LogP contribution is 2.29. The molecule has 116 valence electrons. The normalized spacial score (nSPS) is 18.3. The van der Waals surface area contributed by atoms with Crippen molar-refractivity contribution in [2.45, 2.75) is 33.1 Å². The molecule has 2 heterocycles. The van der Waals surface area contributed by atoms with Crippen molar-refractivity contribution in [2.75, 3.05) is 25.0 Å². The van der Waals surface area contributed by atoms with Crippen LogP contribution in [0.15, 0.2) is 6.07 Å². The molecule has 1 amide bonds. The minimum absolute atomic E-state index is 0.0314. The van der Waals surface area contributed by atoms with Crippen molar-refractivity contribution in [3.05, 3.63) is 16.5 Å². The van der Waals surface area contributed by atoms with Crippen LogP contribution in [0.3, 0.4) is 0 Å². The molecule has 0 aliphatic carbocycles. The number of carbonyl (C=O) groups excluding carboxylic acids is 2. The number of ether oxygens (including phenoxy) is 1. The Hall–Kier alpha value is -1.40. The number of rotatable bonds is 5. The number of amides is 1. The van der Waals surface area contributed by atoms with Crippen LogP contribution in [0.2, 0.25) is 0 Å². The summed E-state index contributed by atoms with van der Waals surface area (Å²) >= 11 is 1.41. The maximum atomic E-state index is 12.1. The van der Waals surface area contributed by atoms with E-state index in [1.165, 1.54) is 11.3 Å². The minimum atomic E-state index is -0.378. The molecule has 1 aromatic rings. The molecule has 0 bridgehead atoms. The largest absolute Gasteiger partial charge is 0.462 e. The summed E-state index contributed by atoms with van der Waals surface area (Å²) in [7, 11) is 0. The maximum absolute atomic E-state index is 12.1. The molecule has 0 spiro atoms. The van der Waals surface area contributed by atoms with Gasteiger partial charge in [-0.3, -0.25) is 4.79 Å². The van der Waals surface area contributed by atoms with Crippen LogP contribution in [0.5, 0.6) is 0 Å². The van der Waals surface area contributed by atoms with E-state index in [1.54, 1.807) is 13.0 Å². The first-order valence-electron chi connectivity index (χ1n) is 7.38. The van der Waals surface area contributed by atoms with Crippen molar-refractivity contribution >= 4 is 28.2 Å². The number of aryl methyl sites for hydroxylation is 1. The van der Waals surface area contributed by atoms with Crippen LogP contribution in [0, 0.1) is 12.8 Å². The number of thiophene rings is 1. The average Bonchev–Trinajstić information content (AvgIpc) is 2.81. The zero-order valence-electron chi connectivity index (χ0n) is 12.5. The molecule has 0 radical (unpaired) electrons. The van der Waals surface area contributed by atoms with Gasteiger partial charge in [0, 0.05) is 11.3 Å². The lowest BCUT2D eigenvalue weighted by molar-refractivity contribution is -0.117. The van der Waals surface area contributed by atoms with E-state index in [0.29, 0.717) is 29.5 Å². The van der Waals surface area contributed by atoms with Gasteiger partial charge in [0.05, 0.1) is 12.2 Å². The van der Waals surface area contributed by atoms with E-state index in [4.69, 9.17) is 4.74 Å². The van der Waals surface area contributed by atoms with E-state index >= 15 is 0 Å². The standard InChI is InChI=1S/C15H22N2O3S/c1-3-20-15(19)12-7-10(2)21-14(12)17-13(18)8-11-5-4-6-16-9-11/h7,11,16H,3-6,8-9H2,1-2H3,(H,17,18). The zero-order chi connectivity index (χ0) is 15.2. The van der Waals surface area contributed by atoms with Gasteiger partial charge in [-0.15, -0.1) is 11.3 Å². The minimum Gasteiger partial charge on any atom is -0.462 e. The van der Waals surface area contributed by atoms with Crippen molar-refractivity contribution in [1.29, 1.82) is 0 Å². The van der Waals surface area contributed by atoms with Gasteiger partial charge in [0.2, 0.25) is 5.91 Å². The van der Waals surface area contributed by atoms with Crippen molar-refractivity contribution in [1.82, 2.24) is 5.32 Å². The molecule has 2 rings (SSSR count). The van der Waals surface area contributed by atoms with Gasteiger partial charge in [-0.2, -0.15) is 0 Å². The third-order valence-electron chi connectivity index (χ3n) is 3.48. The zero-order valence-corrected chi connectivity index (χ0v) is 13.3. The molecule has 1 aliphatic rings. The second kappa shape index (κ2) is 7.56. The summed E-state index contributed by atoms with van der Waals surface area (Å²) in [4.78, 5) is 25.0. The van der Waals surface area contributed by atoms with Gasteiger partial charge in [-0.05, 0) is 51.8 Å². The predicted octanol–water partition coefficient (Wildman–Crippen LogP) is 2.56. The molecule has 5 nitrogen and oxygen atoms in total. The van der Waals surface area contributed by atoms with Crippen molar-refractivity contribution in [2.24, 2.45) is 5.92 Å². The molecular weight excluding hydrogens is 288 g/mol. The molecule has 1 fully saturated rings. The number of hydrogen-bond donors (Lipinski definition) is 2. The average molecular weight is 310 g/mol. The van der Waals surface area contributed by atoms with Crippen LogP contribution in [-0.2, 0) is 9.53 Å². The van der Waals surface area contributed by atoms with Crippen molar-refractivity contribution in [3.8, 4) is 0 Å². The van der Waals surface area contributed by atoms with Gasteiger partial charge in [0.15, 0.2) is 0 Å². The molecule has 21 heavy (non-hydrogen) atoms. The monoisotopic (exact) mass is 310 g/mol. The topological polar surface area (TPSA) is 67.4 Å². The third-order valence-corrected chi connectivity index (χ3v) is 4.44. The fraction of sp³-hybridized carbons (Fsp3) is 0.600. The number of anilines is 1. The van der Waals surface area contributed by atoms with Gasteiger partial charge in [0.25, 0.3) is 0 Å².